The molecular formula is C25H30N10OS. The second kappa shape index (κ2) is 11.3. The minimum absolute atomic E-state index is 0.373. The molecule has 3 aromatic heterocycles. The van der Waals surface area contributed by atoms with E-state index in [9.17, 15) is 0 Å². The predicted molar refractivity (Wildman–Crippen MR) is 143 cm³/mol. The lowest BCUT2D eigenvalue weighted by atomic mass is 10.1. The van der Waals surface area contributed by atoms with E-state index < -0.39 is 0 Å². The zero-order valence-electron chi connectivity index (χ0n) is 20.5. The maximum absolute atomic E-state index is 5.52. The van der Waals surface area contributed by atoms with Crippen LogP contribution in [0.2, 0.25) is 0 Å². The molecule has 37 heavy (non-hydrogen) atoms. The summed E-state index contributed by atoms with van der Waals surface area (Å²) in [5, 5.41) is 24.1. The second-order valence-corrected chi connectivity index (χ2v) is 10.2. The second-order valence-electron chi connectivity index (χ2n) is 9.21. The van der Waals surface area contributed by atoms with Gasteiger partial charge in [0.15, 0.2) is 5.13 Å². The fourth-order valence-corrected chi connectivity index (χ4v) is 5.29. The zero-order valence-corrected chi connectivity index (χ0v) is 21.3. The van der Waals surface area contributed by atoms with Crippen LogP contribution in [0.3, 0.4) is 0 Å². The number of rotatable bonds is 8. The summed E-state index contributed by atoms with van der Waals surface area (Å²) in [4.78, 5) is 14.2. The summed E-state index contributed by atoms with van der Waals surface area (Å²) in [6.07, 6.45) is 4.07. The molecule has 11 nitrogen and oxygen atoms in total. The predicted octanol–water partition coefficient (Wildman–Crippen LogP) is 2.92. The molecule has 2 fully saturated rings. The first-order valence-corrected chi connectivity index (χ1v) is 13.5. The van der Waals surface area contributed by atoms with Gasteiger partial charge in [-0.05, 0) is 54.4 Å². The highest BCUT2D eigenvalue weighted by atomic mass is 32.1. The van der Waals surface area contributed by atoms with Crippen molar-refractivity contribution in [3.8, 4) is 16.4 Å². The van der Waals surface area contributed by atoms with Crippen molar-refractivity contribution < 1.29 is 4.74 Å². The standard InChI is InChI=1S/C25H30N10OS/c1-2-6-20(7-3-1)35-32-24(31-33-35)21-16-27-25(37-21)30-23-14-18(17-34-9-11-36-12-10-34)13-22(29-23)28-19-5-4-8-26-15-19/h1-3,6-7,13-14,16,19,26H,4-5,8-12,15,17H2,(H2,27,28,29,30)/t19-/m0/s1. The normalized spacial score (nSPS) is 18.5. The summed E-state index contributed by atoms with van der Waals surface area (Å²) in [7, 11) is 0. The Labute approximate surface area is 219 Å². The largest absolute Gasteiger partial charge is 0.379 e. The zero-order chi connectivity index (χ0) is 24.9. The van der Waals surface area contributed by atoms with E-state index in [1.54, 1.807) is 6.20 Å². The number of ether oxygens (including phenoxy) is 1. The molecule has 12 heteroatoms. The van der Waals surface area contributed by atoms with Gasteiger partial charge in [-0.1, -0.05) is 29.5 Å². The maximum atomic E-state index is 5.52. The first-order chi connectivity index (χ1) is 18.3. The highest BCUT2D eigenvalue weighted by molar-refractivity contribution is 7.18. The van der Waals surface area contributed by atoms with Gasteiger partial charge in [0.1, 0.15) is 11.6 Å². The van der Waals surface area contributed by atoms with Crippen LogP contribution in [0.1, 0.15) is 18.4 Å². The molecule has 1 atom stereocenters. The van der Waals surface area contributed by atoms with Gasteiger partial charge in [-0.3, -0.25) is 4.90 Å². The van der Waals surface area contributed by atoms with Crippen molar-refractivity contribution in [2.24, 2.45) is 0 Å². The molecule has 0 radical (unpaired) electrons. The van der Waals surface area contributed by atoms with Crippen molar-refractivity contribution in [1.29, 1.82) is 0 Å². The molecule has 0 spiro atoms. The fourth-order valence-electron chi connectivity index (χ4n) is 4.55. The number of pyridine rings is 1. The number of hydrogen-bond donors (Lipinski definition) is 3. The summed E-state index contributed by atoms with van der Waals surface area (Å²) in [6.45, 7) is 6.31. The number of thiazole rings is 1. The van der Waals surface area contributed by atoms with E-state index in [0.29, 0.717) is 11.9 Å². The third kappa shape index (κ3) is 6.10. The van der Waals surface area contributed by atoms with Gasteiger partial charge < -0.3 is 20.7 Å². The average Bonchev–Trinajstić information content (AvgIpc) is 3.60. The molecule has 5 heterocycles. The third-order valence-electron chi connectivity index (χ3n) is 6.41. The van der Waals surface area contributed by atoms with Gasteiger partial charge in [0.2, 0.25) is 5.82 Å². The van der Waals surface area contributed by atoms with Crippen LogP contribution in [0.5, 0.6) is 0 Å². The van der Waals surface area contributed by atoms with E-state index in [4.69, 9.17) is 9.72 Å². The molecule has 0 bridgehead atoms. The van der Waals surface area contributed by atoms with E-state index in [1.807, 2.05) is 30.3 Å². The number of aromatic nitrogens is 6. The number of morpholine rings is 1. The molecule has 1 aromatic carbocycles. The number of nitrogens with one attached hydrogen (secondary N) is 3. The topological polar surface area (TPSA) is 118 Å². The molecule has 2 aliphatic heterocycles. The van der Waals surface area contributed by atoms with Gasteiger partial charge in [-0.15, -0.1) is 15.0 Å². The number of benzene rings is 1. The van der Waals surface area contributed by atoms with E-state index >= 15 is 0 Å². The Hall–Kier alpha value is -3.45. The number of para-hydroxylation sites is 1. The first-order valence-electron chi connectivity index (χ1n) is 12.7. The number of tetrazole rings is 1. The number of hydrogen-bond acceptors (Lipinski definition) is 11. The van der Waals surface area contributed by atoms with Crippen molar-refractivity contribution in [3.63, 3.8) is 0 Å². The lowest BCUT2D eigenvalue weighted by Gasteiger charge is -2.27. The minimum Gasteiger partial charge on any atom is -0.379 e. The van der Waals surface area contributed by atoms with Crippen LogP contribution >= 0.6 is 11.3 Å². The molecule has 4 aromatic rings. The van der Waals surface area contributed by atoms with Gasteiger partial charge in [-0.25, -0.2) is 9.97 Å². The van der Waals surface area contributed by atoms with Crippen LogP contribution in [0.4, 0.5) is 16.8 Å². The quantitative estimate of drug-likeness (QED) is 0.321. The molecule has 3 N–H and O–H groups in total. The van der Waals surface area contributed by atoms with Crippen LogP contribution < -0.4 is 16.0 Å². The Morgan fingerprint density at radius 2 is 1.97 bits per heavy atom. The molecule has 0 unspecified atom stereocenters. The van der Waals surface area contributed by atoms with E-state index in [-0.39, 0.29) is 0 Å². The lowest BCUT2D eigenvalue weighted by Crippen LogP contribution is -2.38. The summed E-state index contributed by atoms with van der Waals surface area (Å²) >= 11 is 1.47. The Bertz CT molecular complexity index is 1260. The molecule has 2 aliphatic rings. The van der Waals surface area contributed by atoms with Crippen molar-refractivity contribution in [2.45, 2.75) is 25.4 Å². The number of nitrogens with zero attached hydrogens (tertiary/aromatic N) is 7. The van der Waals surface area contributed by atoms with Crippen molar-refractivity contribution in [2.75, 3.05) is 50.0 Å². The molecule has 6 rings (SSSR count). The third-order valence-corrected chi connectivity index (χ3v) is 7.31. The summed E-state index contributed by atoms with van der Waals surface area (Å²) < 4.78 is 5.52. The SMILES string of the molecule is c1ccc(-n2nnc(-c3cnc(Nc4cc(CN5CCOCC5)cc(N[C@H]5CCCNC5)n4)s3)n2)cc1. The molecule has 192 valence electrons. The van der Waals surface area contributed by atoms with Crippen LogP contribution in [0.25, 0.3) is 16.4 Å². The number of piperidine rings is 1. The van der Waals surface area contributed by atoms with Crippen molar-refractivity contribution in [3.05, 3.63) is 54.2 Å². The van der Waals surface area contributed by atoms with Crippen molar-refractivity contribution in [1.82, 2.24) is 40.4 Å². The van der Waals surface area contributed by atoms with Crippen LogP contribution in [0, 0.1) is 0 Å². The summed E-state index contributed by atoms with van der Waals surface area (Å²) in [5.74, 6) is 2.18. The molecule has 0 aliphatic carbocycles. The van der Waals surface area contributed by atoms with Gasteiger partial charge >= 0.3 is 0 Å². The van der Waals surface area contributed by atoms with E-state index in [0.717, 1.165) is 79.7 Å². The highest BCUT2D eigenvalue weighted by Crippen LogP contribution is 2.29. The van der Waals surface area contributed by atoms with E-state index in [2.05, 4.69) is 53.4 Å². The van der Waals surface area contributed by atoms with Crippen molar-refractivity contribution >= 4 is 28.1 Å². The Kier molecular flexibility index (Phi) is 7.30. The lowest BCUT2D eigenvalue weighted by molar-refractivity contribution is 0.0342. The number of anilines is 3. The monoisotopic (exact) mass is 518 g/mol. The molecule has 2 saturated heterocycles. The molecule has 0 amide bonds. The maximum Gasteiger partial charge on any atom is 0.216 e. The fraction of sp³-hybridized carbons (Fsp3) is 0.400. The van der Waals surface area contributed by atoms with Gasteiger partial charge in [0.25, 0.3) is 0 Å². The Morgan fingerprint density at radius 1 is 1.11 bits per heavy atom. The Morgan fingerprint density at radius 3 is 2.81 bits per heavy atom. The van der Waals surface area contributed by atoms with Crippen LogP contribution in [0.15, 0.2) is 48.7 Å². The molecule has 0 saturated carbocycles. The smallest absolute Gasteiger partial charge is 0.216 e. The van der Waals surface area contributed by atoms with Crippen LogP contribution in [-0.4, -0.2) is 80.5 Å². The van der Waals surface area contributed by atoms with Gasteiger partial charge in [-0.2, -0.15) is 0 Å². The molecular weight excluding hydrogens is 488 g/mol. The Balaban J connectivity index is 1.20. The van der Waals surface area contributed by atoms with Crippen LogP contribution in [-0.2, 0) is 11.3 Å². The van der Waals surface area contributed by atoms with Gasteiger partial charge in [0.05, 0.1) is 30.0 Å². The highest BCUT2D eigenvalue weighted by Gasteiger charge is 2.17. The summed E-state index contributed by atoms with van der Waals surface area (Å²) in [5.41, 5.74) is 2.06. The minimum atomic E-state index is 0.373. The average molecular weight is 519 g/mol. The van der Waals surface area contributed by atoms with E-state index in [1.165, 1.54) is 28.1 Å². The summed E-state index contributed by atoms with van der Waals surface area (Å²) in [6, 6.07) is 14.4. The first kappa shape index (κ1) is 23.9. The van der Waals surface area contributed by atoms with Gasteiger partial charge in [0, 0.05) is 32.2 Å².